The summed E-state index contributed by atoms with van der Waals surface area (Å²) in [5, 5.41) is 11.5. The van der Waals surface area contributed by atoms with Crippen LogP contribution in [0.4, 0.5) is 5.69 Å². The van der Waals surface area contributed by atoms with E-state index in [0.717, 1.165) is 35.3 Å². The molecule has 5 rings (SSSR count). The Labute approximate surface area is 217 Å². The molecule has 0 radical (unpaired) electrons. The van der Waals surface area contributed by atoms with Crippen molar-refractivity contribution in [3.63, 3.8) is 0 Å². The summed E-state index contributed by atoms with van der Waals surface area (Å²) in [6.07, 6.45) is 1.72. The highest BCUT2D eigenvalue weighted by Crippen LogP contribution is 2.43. The number of aliphatic hydroxyl groups is 1. The number of nitrogens with zero attached hydrogens (tertiary/aromatic N) is 1. The lowest BCUT2D eigenvalue weighted by Gasteiger charge is -2.26. The van der Waals surface area contributed by atoms with Crippen LogP contribution in [0.5, 0.6) is 11.5 Å². The Bertz CT molecular complexity index is 1360. The van der Waals surface area contributed by atoms with Crippen LogP contribution in [0.2, 0.25) is 0 Å². The van der Waals surface area contributed by atoms with Gasteiger partial charge in [0.25, 0.3) is 11.7 Å². The van der Waals surface area contributed by atoms with Crippen LogP contribution in [0.25, 0.3) is 5.76 Å². The Balaban J connectivity index is 1.64. The maximum absolute atomic E-state index is 13.5. The van der Waals surface area contributed by atoms with E-state index in [1.54, 1.807) is 30.3 Å². The molecule has 3 aromatic rings. The number of ether oxygens (including phenoxy) is 2. The highest BCUT2D eigenvalue weighted by Gasteiger charge is 2.47. The van der Waals surface area contributed by atoms with Crippen LogP contribution in [-0.2, 0) is 16.0 Å². The number of carbonyl (C=O) groups is 2. The van der Waals surface area contributed by atoms with Crippen molar-refractivity contribution in [1.82, 2.24) is 0 Å². The average molecular weight is 498 g/mol. The molecule has 1 N–H and O–H groups in total. The van der Waals surface area contributed by atoms with Crippen LogP contribution < -0.4 is 14.4 Å². The van der Waals surface area contributed by atoms with Gasteiger partial charge in [0.1, 0.15) is 17.3 Å². The van der Waals surface area contributed by atoms with Crippen molar-refractivity contribution in [2.24, 2.45) is 0 Å². The van der Waals surface area contributed by atoms with E-state index in [1.165, 1.54) is 4.90 Å². The lowest BCUT2D eigenvalue weighted by atomic mass is 9.92. The van der Waals surface area contributed by atoms with E-state index < -0.39 is 17.7 Å². The molecule has 1 saturated heterocycles. The summed E-state index contributed by atoms with van der Waals surface area (Å²) >= 11 is 0. The van der Waals surface area contributed by atoms with Gasteiger partial charge in [0, 0.05) is 11.3 Å². The first-order valence-corrected chi connectivity index (χ1v) is 12.8. The molecule has 37 heavy (non-hydrogen) atoms. The van der Waals surface area contributed by atoms with E-state index in [2.05, 4.69) is 13.8 Å². The van der Waals surface area contributed by atoms with Gasteiger partial charge in [-0.1, -0.05) is 38.1 Å². The molecule has 0 saturated carbocycles. The number of aliphatic hydroxyl groups excluding tert-OH is 1. The topological polar surface area (TPSA) is 76.1 Å². The van der Waals surface area contributed by atoms with Crippen LogP contribution in [0, 0.1) is 0 Å². The summed E-state index contributed by atoms with van der Waals surface area (Å²) in [6.45, 7) is 7.32. The Morgan fingerprint density at radius 3 is 2.46 bits per heavy atom. The van der Waals surface area contributed by atoms with Gasteiger partial charge in [0.2, 0.25) is 0 Å². The number of hydrogen-bond acceptors (Lipinski definition) is 5. The molecule has 2 heterocycles. The molecule has 6 heteroatoms. The van der Waals surface area contributed by atoms with Crippen LogP contribution in [0.3, 0.4) is 0 Å². The number of ketones is 1. The van der Waals surface area contributed by atoms with Crippen LogP contribution in [0.1, 0.15) is 61.4 Å². The summed E-state index contributed by atoms with van der Waals surface area (Å²) in [5.74, 6) is 0.237. The molecular weight excluding hydrogens is 466 g/mol. The molecule has 0 aliphatic carbocycles. The van der Waals surface area contributed by atoms with E-state index in [1.807, 2.05) is 43.3 Å². The minimum atomic E-state index is -0.772. The minimum absolute atomic E-state index is 0.0767. The van der Waals surface area contributed by atoms with Crippen molar-refractivity contribution < 1.29 is 24.2 Å². The summed E-state index contributed by atoms with van der Waals surface area (Å²) in [7, 11) is 0. The largest absolute Gasteiger partial charge is 0.507 e. The third-order valence-corrected chi connectivity index (χ3v) is 6.97. The maximum Gasteiger partial charge on any atom is 0.300 e. The number of amides is 1. The molecule has 1 atom stereocenters. The molecule has 0 aromatic heterocycles. The molecule has 0 spiro atoms. The first-order chi connectivity index (χ1) is 17.9. The molecule has 2 aliphatic heterocycles. The van der Waals surface area contributed by atoms with Gasteiger partial charge in [-0.05, 0) is 84.8 Å². The Morgan fingerprint density at radius 1 is 1.05 bits per heavy atom. The zero-order valence-corrected chi connectivity index (χ0v) is 21.4. The number of anilines is 1. The van der Waals surface area contributed by atoms with E-state index in [-0.39, 0.29) is 11.3 Å². The van der Waals surface area contributed by atoms with E-state index in [4.69, 9.17) is 9.47 Å². The normalized spacial score (nSPS) is 18.6. The number of hydrogen-bond donors (Lipinski definition) is 1. The second-order valence-corrected chi connectivity index (χ2v) is 9.69. The van der Waals surface area contributed by atoms with Crippen molar-refractivity contribution in [2.75, 3.05) is 18.1 Å². The molecular formula is C31H31NO5. The molecule has 0 bridgehead atoms. The Kier molecular flexibility index (Phi) is 6.74. The number of rotatable bonds is 6. The average Bonchev–Trinajstić information content (AvgIpc) is 3.18. The predicted molar refractivity (Wildman–Crippen MR) is 143 cm³/mol. The summed E-state index contributed by atoms with van der Waals surface area (Å²) < 4.78 is 11.3. The fourth-order valence-electron chi connectivity index (χ4n) is 5.01. The first-order valence-electron chi connectivity index (χ1n) is 12.8. The number of fused-ring (bicyclic) bond motifs is 1. The zero-order valence-electron chi connectivity index (χ0n) is 21.4. The van der Waals surface area contributed by atoms with Crippen LogP contribution in [-0.4, -0.2) is 30.0 Å². The third kappa shape index (κ3) is 4.59. The number of Topliss-reactive ketones (excluding diaryl/α,β-unsaturated/α-hetero) is 1. The molecule has 3 aromatic carbocycles. The molecule has 2 aliphatic rings. The van der Waals surface area contributed by atoms with Gasteiger partial charge in [0.05, 0.1) is 24.8 Å². The van der Waals surface area contributed by atoms with Crippen molar-refractivity contribution in [3.05, 3.63) is 94.6 Å². The highest BCUT2D eigenvalue weighted by atomic mass is 16.5. The molecule has 1 amide bonds. The smallest absolute Gasteiger partial charge is 0.300 e. The van der Waals surface area contributed by atoms with Gasteiger partial charge < -0.3 is 14.6 Å². The van der Waals surface area contributed by atoms with E-state index >= 15 is 0 Å². The van der Waals surface area contributed by atoms with Crippen LogP contribution >= 0.6 is 0 Å². The zero-order chi connectivity index (χ0) is 26.1. The second kappa shape index (κ2) is 10.1. The van der Waals surface area contributed by atoms with E-state index in [9.17, 15) is 14.7 Å². The standard InChI is InChI=1S/C31H31NO5/c1-4-36-25-14-12-24(13-15-25)32-28(21-9-7-20(8-10-21)19(2)3)27(30(34)31(32)35)29(33)23-11-16-26-22(18-23)6-5-17-37-26/h7-16,18-19,28,33H,4-6,17H2,1-3H3/b29-27-. The lowest BCUT2D eigenvalue weighted by molar-refractivity contribution is -0.132. The summed E-state index contributed by atoms with van der Waals surface area (Å²) in [6, 6.07) is 19.6. The van der Waals surface area contributed by atoms with Gasteiger partial charge in [-0.2, -0.15) is 0 Å². The fourth-order valence-corrected chi connectivity index (χ4v) is 5.01. The van der Waals surface area contributed by atoms with Gasteiger partial charge in [-0.15, -0.1) is 0 Å². The third-order valence-electron chi connectivity index (χ3n) is 6.97. The fraction of sp³-hybridized carbons (Fsp3) is 0.290. The van der Waals surface area contributed by atoms with Crippen molar-refractivity contribution in [1.29, 1.82) is 0 Å². The first kappa shape index (κ1) is 24.6. The highest BCUT2D eigenvalue weighted by molar-refractivity contribution is 6.51. The van der Waals surface area contributed by atoms with Crippen molar-refractivity contribution in [2.45, 2.75) is 45.6 Å². The SMILES string of the molecule is CCOc1ccc(N2C(=O)C(=O)/C(=C(\O)c3ccc4c(c3)CCCO4)C2c2ccc(C(C)C)cc2)cc1. The molecule has 1 unspecified atom stereocenters. The number of carbonyl (C=O) groups excluding carboxylic acids is 2. The monoisotopic (exact) mass is 497 g/mol. The van der Waals surface area contributed by atoms with Gasteiger partial charge in [-0.3, -0.25) is 14.5 Å². The van der Waals surface area contributed by atoms with Crippen LogP contribution in [0.15, 0.2) is 72.3 Å². The predicted octanol–water partition coefficient (Wildman–Crippen LogP) is 6.16. The number of benzene rings is 3. The summed E-state index contributed by atoms with van der Waals surface area (Å²) in [5.41, 5.74) is 4.01. The Hall–Kier alpha value is -4.06. The second-order valence-electron chi connectivity index (χ2n) is 9.69. The summed E-state index contributed by atoms with van der Waals surface area (Å²) in [4.78, 5) is 28.4. The molecule has 1 fully saturated rings. The molecule has 6 nitrogen and oxygen atoms in total. The van der Waals surface area contributed by atoms with Gasteiger partial charge in [-0.25, -0.2) is 0 Å². The quantitative estimate of drug-likeness (QED) is 0.251. The minimum Gasteiger partial charge on any atom is -0.507 e. The van der Waals surface area contributed by atoms with E-state index in [0.29, 0.717) is 36.1 Å². The molecule has 190 valence electrons. The van der Waals surface area contributed by atoms with Gasteiger partial charge >= 0.3 is 0 Å². The van der Waals surface area contributed by atoms with Crippen molar-refractivity contribution >= 4 is 23.1 Å². The maximum atomic E-state index is 13.5. The van der Waals surface area contributed by atoms with Crippen molar-refractivity contribution in [3.8, 4) is 11.5 Å². The van der Waals surface area contributed by atoms with Gasteiger partial charge in [0.15, 0.2) is 0 Å². The Morgan fingerprint density at radius 2 is 1.78 bits per heavy atom. The number of aryl methyl sites for hydroxylation is 1. The lowest BCUT2D eigenvalue weighted by Crippen LogP contribution is -2.29.